The van der Waals surface area contributed by atoms with Gasteiger partial charge in [0.25, 0.3) is 0 Å². The highest BCUT2D eigenvalue weighted by Gasteiger charge is 1.98. The van der Waals surface area contributed by atoms with Crippen LogP contribution in [0.4, 0.5) is 0 Å². The molecule has 1 aromatic carbocycles. The Hall–Kier alpha value is -1.28. The number of nitrogens with zero attached hydrogens (tertiary/aromatic N) is 1. The van der Waals surface area contributed by atoms with Crippen molar-refractivity contribution >= 4 is 11.6 Å². The van der Waals surface area contributed by atoms with Crippen LogP contribution in [0.5, 0.6) is 0 Å². The number of nitrogens with one attached hydrogen (secondary N) is 1. The maximum atomic E-state index is 5.81. The lowest BCUT2D eigenvalue weighted by Gasteiger charge is -1.95. The van der Waals surface area contributed by atoms with Crippen molar-refractivity contribution in [2.45, 2.75) is 0 Å². The summed E-state index contributed by atoms with van der Waals surface area (Å²) >= 11 is 5.81. The van der Waals surface area contributed by atoms with E-state index in [0.717, 1.165) is 11.4 Å². The summed E-state index contributed by atoms with van der Waals surface area (Å²) in [5, 5.41) is 0.712. The number of aromatic amines is 1. The molecule has 3 heteroatoms. The van der Waals surface area contributed by atoms with E-state index in [1.807, 2.05) is 24.3 Å². The summed E-state index contributed by atoms with van der Waals surface area (Å²) in [7, 11) is 0. The van der Waals surface area contributed by atoms with Crippen molar-refractivity contribution in [3.63, 3.8) is 0 Å². The number of H-pyrrole nitrogens is 1. The SMILES string of the molecule is Clc1cccc(-c2nc[c][nH]2)c1. The Morgan fingerprint density at radius 2 is 2.33 bits per heavy atom. The van der Waals surface area contributed by atoms with Gasteiger partial charge < -0.3 is 4.98 Å². The van der Waals surface area contributed by atoms with E-state index in [-0.39, 0.29) is 0 Å². The minimum absolute atomic E-state index is 0.712. The maximum absolute atomic E-state index is 5.81. The molecule has 1 radical (unpaired) electrons. The molecule has 1 N–H and O–H groups in total. The highest BCUT2D eigenvalue weighted by molar-refractivity contribution is 6.30. The molecule has 0 unspecified atom stereocenters. The number of aromatic nitrogens is 2. The molecule has 0 aliphatic heterocycles. The summed E-state index contributed by atoms with van der Waals surface area (Å²) in [6.07, 6.45) is 4.36. The predicted molar refractivity (Wildman–Crippen MR) is 47.9 cm³/mol. The number of hydrogen-bond donors (Lipinski definition) is 1. The van der Waals surface area contributed by atoms with Gasteiger partial charge in [-0.3, -0.25) is 0 Å². The van der Waals surface area contributed by atoms with Gasteiger partial charge in [0, 0.05) is 10.6 Å². The van der Waals surface area contributed by atoms with Gasteiger partial charge in [0.15, 0.2) is 0 Å². The summed E-state index contributed by atoms with van der Waals surface area (Å²) in [4.78, 5) is 6.94. The first kappa shape index (κ1) is 7.37. The fourth-order valence-corrected chi connectivity index (χ4v) is 1.20. The van der Waals surface area contributed by atoms with E-state index < -0.39 is 0 Å². The van der Waals surface area contributed by atoms with Crippen LogP contribution in [0.3, 0.4) is 0 Å². The molecule has 59 valence electrons. The Morgan fingerprint density at radius 3 is 3.00 bits per heavy atom. The molecule has 0 aliphatic carbocycles. The van der Waals surface area contributed by atoms with Crippen LogP contribution in [-0.4, -0.2) is 9.97 Å². The lowest BCUT2D eigenvalue weighted by atomic mass is 10.2. The molecule has 12 heavy (non-hydrogen) atoms. The molecular weight excluding hydrogens is 172 g/mol. The van der Waals surface area contributed by atoms with Crippen LogP contribution in [0, 0.1) is 6.20 Å². The molecule has 0 bridgehead atoms. The van der Waals surface area contributed by atoms with Gasteiger partial charge in [-0.2, -0.15) is 0 Å². The van der Waals surface area contributed by atoms with Crippen molar-refractivity contribution in [3.8, 4) is 11.4 Å². The van der Waals surface area contributed by atoms with Gasteiger partial charge in [0.1, 0.15) is 5.82 Å². The molecule has 0 saturated heterocycles. The smallest absolute Gasteiger partial charge is 0.137 e. The molecule has 1 aromatic heterocycles. The fraction of sp³-hybridized carbons (Fsp3) is 0. The first-order valence-corrected chi connectivity index (χ1v) is 3.91. The summed E-state index contributed by atoms with van der Waals surface area (Å²) in [6.45, 7) is 0. The van der Waals surface area contributed by atoms with Crippen molar-refractivity contribution in [1.82, 2.24) is 9.97 Å². The van der Waals surface area contributed by atoms with Crippen LogP contribution in [0.15, 0.2) is 30.5 Å². The number of halogens is 1. The van der Waals surface area contributed by atoms with Crippen LogP contribution in [-0.2, 0) is 0 Å². The van der Waals surface area contributed by atoms with E-state index in [1.165, 1.54) is 0 Å². The Balaban J connectivity index is 2.48. The summed E-state index contributed by atoms with van der Waals surface area (Å²) in [6, 6.07) is 7.52. The zero-order chi connectivity index (χ0) is 8.39. The Morgan fingerprint density at radius 1 is 1.42 bits per heavy atom. The Bertz CT molecular complexity index is 368. The van der Waals surface area contributed by atoms with Gasteiger partial charge in [-0.25, -0.2) is 4.98 Å². The molecule has 0 saturated carbocycles. The van der Waals surface area contributed by atoms with Crippen molar-refractivity contribution < 1.29 is 0 Å². The molecule has 1 heterocycles. The van der Waals surface area contributed by atoms with Gasteiger partial charge >= 0.3 is 0 Å². The summed E-state index contributed by atoms with van der Waals surface area (Å²) in [5.74, 6) is 0.789. The second kappa shape index (κ2) is 2.99. The van der Waals surface area contributed by atoms with Crippen molar-refractivity contribution in [1.29, 1.82) is 0 Å². The third-order valence-electron chi connectivity index (χ3n) is 1.55. The van der Waals surface area contributed by atoms with Crippen LogP contribution >= 0.6 is 11.6 Å². The summed E-state index contributed by atoms with van der Waals surface area (Å²) < 4.78 is 0. The zero-order valence-electron chi connectivity index (χ0n) is 6.21. The normalized spacial score (nSPS) is 10.1. The van der Waals surface area contributed by atoms with Crippen LogP contribution in [0.25, 0.3) is 11.4 Å². The van der Waals surface area contributed by atoms with E-state index >= 15 is 0 Å². The average molecular weight is 178 g/mol. The molecule has 2 nitrogen and oxygen atoms in total. The predicted octanol–water partition coefficient (Wildman–Crippen LogP) is 2.53. The van der Waals surface area contributed by atoms with Crippen LogP contribution in [0.1, 0.15) is 0 Å². The maximum Gasteiger partial charge on any atom is 0.137 e. The second-order valence-electron chi connectivity index (χ2n) is 2.39. The van der Waals surface area contributed by atoms with Crippen molar-refractivity contribution in [3.05, 3.63) is 41.7 Å². The van der Waals surface area contributed by atoms with E-state index in [1.54, 1.807) is 6.20 Å². The lowest BCUT2D eigenvalue weighted by Crippen LogP contribution is -1.78. The molecule has 0 spiro atoms. The fourth-order valence-electron chi connectivity index (χ4n) is 1.01. The van der Waals surface area contributed by atoms with E-state index in [2.05, 4.69) is 16.2 Å². The third kappa shape index (κ3) is 1.34. The average Bonchev–Trinajstić information content (AvgIpc) is 2.56. The van der Waals surface area contributed by atoms with Gasteiger partial charge in [-0.15, -0.1) is 0 Å². The number of benzene rings is 1. The minimum atomic E-state index is 0.712. The molecule has 2 aromatic rings. The largest absolute Gasteiger partial charge is 0.337 e. The quantitative estimate of drug-likeness (QED) is 0.713. The molecule has 0 atom stereocenters. The number of rotatable bonds is 1. The minimum Gasteiger partial charge on any atom is -0.337 e. The summed E-state index contributed by atoms with van der Waals surface area (Å²) in [5.41, 5.74) is 0.976. The van der Waals surface area contributed by atoms with Gasteiger partial charge in [0.05, 0.1) is 12.4 Å². The first-order valence-electron chi connectivity index (χ1n) is 3.53. The van der Waals surface area contributed by atoms with Crippen LogP contribution < -0.4 is 0 Å². The number of imidazole rings is 1. The van der Waals surface area contributed by atoms with E-state index in [9.17, 15) is 0 Å². The van der Waals surface area contributed by atoms with E-state index in [4.69, 9.17) is 11.6 Å². The van der Waals surface area contributed by atoms with Gasteiger partial charge in [-0.05, 0) is 12.1 Å². The van der Waals surface area contributed by atoms with E-state index in [0.29, 0.717) is 5.02 Å². The van der Waals surface area contributed by atoms with Crippen LogP contribution in [0.2, 0.25) is 5.02 Å². The Kier molecular flexibility index (Phi) is 1.84. The molecular formula is C9H6ClN2. The molecule has 0 fully saturated rings. The second-order valence-corrected chi connectivity index (χ2v) is 2.82. The number of hydrogen-bond acceptors (Lipinski definition) is 1. The Labute approximate surface area is 75.2 Å². The van der Waals surface area contributed by atoms with Gasteiger partial charge in [-0.1, -0.05) is 23.7 Å². The van der Waals surface area contributed by atoms with Crippen molar-refractivity contribution in [2.75, 3.05) is 0 Å². The molecule has 2 rings (SSSR count). The molecule has 0 aliphatic rings. The lowest BCUT2D eigenvalue weighted by molar-refractivity contribution is 1.31. The topological polar surface area (TPSA) is 28.7 Å². The highest BCUT2D eigenvalue weighted by atomic mass is 35.5. The standard InChI is InChI=1S/C9H6ClN2/c10-8-3-1-2-7(6-8)9-11-4-5-12-9/h1-4,6H,(H,11,12). The monoisotopic (exact) mass is 177 g/mol. The molecule has 0 amide bonds. The first-order chi connectivity index (χ1) is 5.86. The van der Waals surface area contributed by atoms with Gasteiger partial charge in [0.2, 0.25) is 0 Å². The highest BCUT2D eigenvalue weighted by Crippen LogP contribution is 2.18. The van der Waals surface area contributed by atoms with Crippen molar-refractivity contribution in [2.24, 2.45) is 0 Å². The third-order valence-corrected chi connectivity index (χ3v) is 1.78. The zero-order valence-corrected chi connectivity index (χ0v) is 6.97.